The lowest BCUT2D eigenvalue weighted by atomic mass is 9.89. The van der Waals surface area contributed by atoms with Gasteiger partial charge in [0.05, 0.1) is 6.61 Å². The normalized spacial score (nSPS) is 28.1. The number of hydrogen-bond donors (Lipinski definition) is 0. The summed E-state index contributed by atoms with van der Waals surface area (Å²) in [5.74, 6) is 0. The van der Waals surface area contributed by atoms with E-state index in [4.69, 9.17) is 4.43 Å². The molecule has 2 heterocycles. The van der Waals surface area contributed by atoms with Crippen LogP contribution in [0.5, 0.6) is 0 Å². The predicted octanol–water partition coefficient (Wildman–Crippen LogP) is 4.53. The molecule has 0 radical (unpaired) electrons. The standard InChI is InChI=1S/C26H34FNOSi/c1-24(2,3)30(22-10-6-4-7-11-22,23-12-8-5-9-13-23)29-20-26-16-21(27)17-28(26)19-25(18-26)14-15-25/h4-13,21H,14-20H2,1-3H3/t21-,26-/m1/s1. The third-order valence-corrected chi connectivity index (χ3v) is 12.8. The molecule has 160 valence electrons. The van der Waals surface area contributed by atoms with E-state index in [1.54, 1.807) is 0 Å². The monoisotopic (exact) mass is 423 g/mol. The van der Waals surface area contributed by atoms with Crippen molar-refractivity contribution in [3.05, 3.63) is 60.7 Å². The van der Waals surface area contributed by atoms with Crippen molar-refractivity contribution in [1.82, 2.24) is 4.90 Å². The van der Waals surface area contributed by atoms with Crippen LogP contribution in [0.4, 0.5) is 4.39 Å². The van der Waals surface area contributed by atoms with Crippen molar-refractivity contribution in [3.63, 3.8) is 0 Å². The van der Waals surface area contributed by atoms with E-state index in [-0.39, 0.29) is 10.6 Å². The van der Waals surface area contributed by atoms with Gasteiger partial charge in [0.15, 0.2) is 0 Å². The van der Waals surface area contributed by atoms with Gasteiger partial charge in [-0.1, -0.05) is 81.4 Å². The molecule has 0 unspecified atom stereocenters. The minimum absolute atomic E-state index is 0.0409. The lowest BCUT2D eigenvalue weighted by molar-refractivity contribution is 0.107. The van der Waals surface area contributed by atoms with Gasteiger partial charge in [-0.25, -0.2) is 4.39 Å². The van der Waals surface area contributed by atoms with Crippen molar-refractivity contribution in [1.29, 1.82) is 0 Å². The van der Waals surface area contributed by atoms with Crippen molar-refractivity contribution >= 4 is 18.7 Å². The number of halogens is 1. The van der Waals surface area contributed by atoms with E-state index >= 15 is 0 Å². The van der Waals surface area contributed by atoms with Crippen LogP contribution in [0.1, 0.15) is 46.5 Å². The van der Waals surface area contributed by atoms with Crippen molar-refractivity contribution in [2.75, 3.05) is 19.7 Å². The van der Waals surface area contributed by atoms with Gasteiger partial charge in [0.25, 0.3) is 8.32 Å². The molecule has 0 aromatic heterocycles. The quantitative estimate of drug-likeness (QED) is 0.655. The third kappa shape index (κ3) is 3.19. The summed E-state index contributed by atoms with van der Waals surface area (Å²) in [4.78, 5) is 2.45. The van der Waals surface area contributed by atoms with Crippen LogP contribution in [0, 0.1) is 5.41 Å². The summed E-state index contributed by atoms with van der Waals surface area (Å²) in [6.45, 7) is 9.25. The maximum Gasteiger partial charge on any atom is 0.261 e. The summed E-state index contributed by atoms with van der Waals surface area (Å²) < 4.78 is 21.8. The van der Waals surface area contributed by atoms with Crippen LogP contribution in [0.15, 0.2) is 60.7 Å². The van der Waals surface area contributed by atoms with Crippen molar-refractivity contribution in [3.8, 4) is 0 Å². The average Bonchev–Trinajstić information content (AvgIpc) is 3.30. The molecule has 4 heteroatoms. The Morgan fingerprint density at radius 2 is 1.57 bits per heavy atom. The number of rotatable bonds is 5. The van der Waals surface area contributed by atoms with Crippen LogP contribution in [0.2, 0.25) is 5.04 Å². The average molecular weight is 424 g/mol. The van der Waals surface area contributed by atoms with E-state index in [0.717, 1.165) is 13.0 Å². The van der Waals surface area contributed by atoms with Crippen molar-refractivity contribution in [2.45, 2.75) is 63.2 Å². The zero-order chi connectivity index (χ0) is 21.0. The lowest BCUT2D eigenvalue weighted by Crippen LogP contribution is -2.68. The van der Waals surface area contributed by atoms with Gasteiger partial charge in [-0.3, -0.25) is 4.90 Å². The second-order valence-corrected chi connectivity index (χ2v) is 15.3. The summed E-state index contributed by atoms with van der Waals surface area (Å²) in [7, 11) is -2.58. The number of nitrogens with zero attached hydrogens (tertiary/aromatic N) is 1. The van der Waals surface area contributed by atoms with Gasteiger partial charge in [0.1, 0.15) is 6.17 Å². The van der Waals surface area contributed by atoms with Crippen LogP contribution >= 0.6 is 0 Å². The van der Waals surface area contributed by atoms with E-state index in [0.29, 0.717) is 25.0 Å². The molecular weight excluding hydrogens is 389 g/mol. The molecule has 2 saturated heterocycles. The molecule has 2 aromatic rings. The number of alkyl halides is 1. The molecular formula is C26H34FNOSi. The Kier molecular flexibility index (Phi) is 4.77. The van der Waals surface area contributed by atoms with Crippen LogP contribution in [0.25, 0.3) is 0 Å². The zero-order valence-corrected chi connectivity index (χ0v) is 19.5. The number of fused-ring (bicyclic) bond motifs is 1. The highest BCUT2D eigenvalue weighted by Gasteiger charge is 2.63. The maximum atomic E-state index is 14.6. The van der Waals surface area contributed by atoms with Crippen LogP contribution in [-0.2, 0) is 4.43 Å². The molecule has 0 amide bonds. The molecule has 2 atom stereocenters. The molecule has 2 aliphatic heterocycles. The Hall–Kier alpha value is -1.49. The van der Waals surface area contributed by atoms with Crippen LogP contribution in [-0.4, -0.2) is 44.6 Å². The summed E-state index contributed by atoms with van der Waals surface area (Å²) in [6, 6.07) is 21.6. The van der Waals surface area contributed by atoms with Crippen LogP contribution < -0.4 is 10.4 Å². The zero-order valence-electron chi connectivity index (χ0n) is 18.5. The smallest absolute Gasteiger partial charge is 0.261 e. The minimum atomic E-state index is -2.58. The molecule has 1 saturated carbocycles. The van der Waals surface area contributed by atoms with Gasteiger partial charge in [-0.2, -0.15) is 0 Å². The van der Waals surface area contributed by atoms with Crippen molar-refractivity contribution in [2.24, 2.45) is 5.41 Å². The maximum absolute atomic E-state index is 14.6. The summed E-state index contributed by atoms with van der Waals surface area (Å²) in [6.07, 6.45) is 3.64. The number of hydrogen-bond acceptors (Lipinski definition) is 2. The van der Waals surface area contributed by atoms with E-state index in [2.05, 4.69) is 86.3 Å². The Morgan fingerprint density at radius 3 is 2.07 bits per heavy atom. The first-order chi connectivity index (χ1) is 14.3. The molecule has 2 aromatic carbocycles. The fourth-order valence-corrected chi connectivity index (χ4v) is 11.0. The molecule has 1 spiro atoms. The molecule has 30 heavy (non-hydrogen) atoms. The first-order valence-electron chi connectivity index (χ1n) is 11.4. The minimum Gasteiger partial charge on any atom is -0.406 e. The Bertz CT molecular complexity index is 853. The second-order valence-electron chi connectivity index (χ2n) is 11.0. The van der Waals surface area contributed by atoms with Gasteiger partial charge in [-0.15, -0.1) is 0 Å². The fraction of sp³-hybridized carbons (Fsp3) is 0.538. The first kappa shape index (κ1) is 20.4. The van der Waals surface area contributed by atoms with Gasteiger partial charge < -0.3 is 4.43 Å². The fourth-order valence-electron chi connectivity index (χ4n) is 6.33. The van der Waals surface area contributed by atoms with E-state index < -0.39 is 14.5 Å². The summed E-state index contributed by atoms with van der Waals surface area (Å²) in [5, 5.41) is 2.57. The first-order valence-corrected chi connectivity index (χ1v) is 13.3. The Morgan fingerprint density at radius 1 is 1.00 bits per heavy atom. The summed E-state index contributed by atoms with van der Waals surface area (Å²) in [5.41, 5.74) is 0.331. The molecule has 3 fully saturated rings. The SMILES string of the molecule is CC(C)(C)[Si](OC[C@]12C[C@@H](F)CN1CC1(CC1)C2)(c1ccccc1)c1ccccc1. The molecule has 0 bridgehead atoms. The number of benzene rings is 2. The largest absolute Gasteiger partial charge is 0.406 e. The van der Waals surface area contributed by atoms with Crippen molar-refractivity contribution < 1.29 is 8.82 Å². The van der Waals surface area contributed by atoms with Gasteiger partial charge in [0.2, 0.25) is 0 Å². The molecule has 1 aliphatic carbocycles. The predicted molar refractivity (Wildman–Crippen MR) is 124 cm³/mol. The molecule has 5 rings (SSSR count). The highest BCUT2D eigenvalue weighted by atomic mass is 28.4. The molecule has 0 N–H and O–H groups in total. The lowest BCUT2D eigenvalue weighted by Gasteiger charge is -2.45. The highest BCUT2D eigenvalue weighted by molar-refractivity contribution is 6.99. The van der Waals surface area contributed by atoms with E-state index in [1.165, 1.54) is 23.2 Å². The third-order valence-electron chi connectivity index (χ3n) is 7.85. The molecule has 2 nitrogen and oxygen atoms in total. The van der Waals surface area contributed by atoms with Gasteiger partial charge >= 0.3 is 0 Å². The van der Waals surface area contributed by atoms with Crippen LogP contribution in [0.3, 0.4) is 0 Å². The topological polar surface area (TPSA) is 12.5 Å². The van der Waals surface area contributed by atoms with E-state index in [1.807, 2.05) is 0 Å². The summed E-state index contributed by atoms with van der Waals surface area (Å²) >= 11 is 0. The highest BCUT2D eigenvalue weighted by Crippen LogP contribution is 2.61. The second kappa shape index (κ2) is 7.01. The Labute approximate surface area is 181 Å². The van der Waals surface area contributed by atoms with Gasteiger partial charge in [0, 0.05) is 25.0 Å². The molecule has 3 aliphatic rings. The van der Waals surface area contributed by atoms with Gasteiger partial charge in [-0.05, 0) is 40.1 Å². The Balaban J connectivity index is 1.56. The van der Waals surface area contributed by atoms with E-state index in [9.17, 15) is 4.39 Å².